The second-order valence-electron chi connectivity index (χ2n) is 4.01. The molecule has 1 aromatic carbocycles. The van der Waals surface area contributed by atoms with Gasteiger partial charge in [-0.15, -0.1) is 0 Å². The molecule has 1 heteroatoms. The molecule has 0 aromatic heterocycles. The minimum absolute atomic E-state index is 0.0618. The third kappa shape index (κ3) is 2.09. The van der Waals surface area contributed by atoms with Gasteiger partial charge in [0.05, 0.1) is 0 Å². The number of aryl methyl sites for hydroxylation is 1. The fraction of sp³-hybridized carbons (Fsp3) is 0.500. The SMILES string of the molecule is Cc1c(F)cccc1CCC1CC1. The molecule has 1 aliphatic rings. The molecule has 1 fully saturated rings. The van der Waals surface area contributed by atoms with E-state index in [-0.39, 0.29) is 5.82 Å². The average Bonchev–Trinajstić information content (AvgIpc) is 2.91. The van der Waals surface area contributed by atoms with Crippen LogP contribution in [0.4, 0.5) is 4.39 Å². The Kier molecular flexibility index (Phi) is 2.34. The van der Waals surface area contributed by atoms with Crippen molar-refractivity contribution in [2.24, 2.45) is 5.92 Å². The van der Waals surface area contributed by atoms with Crippen LogP contribution in [0.25, 0.3) is 0 Å². The molecule has 0 saturated heterocycles. The lowest BCUT2D eigenvalue weighted by Crippen LogP contribution is -1.93. The Balaban J connectivity index is 2.05. The molecule has 1 aliphatic carbocycles. The molecule has 0 nitrogen and oxygen atoms in total. The predicted molar refractivity (Wildman–Crippen MR) is 52.2 cm³/mol. The van der Waals surface area contributed by atoms with Gasteiger partial charge in [-0.3, -0.25) is 0 Å². The summed E-state index contributed by atoms with van der Waals surface area (Å²) >= 11 is 0. The maximum absolute atomic E-state index is 13.1. The van der Waals surface area contributed by atoms with Gasteiger partial charge in [0.25, 0.3) is 0 Å². The molecule has 0 heterocycles. The molecule has 0 bridgehead atoms. The first-order valence-corrected chi connectivity index (χ1v) is 5.01. The smallest absolute Gasteiger partial charge is 0.126 e. The first-order valence-electron chi connectivity index (χ1n) is 5.01. The van der Waals surface area contributed by atoms with Crippen LogP contribution in [0.2, 0.25) is 0 Å². The van der Waals surface area contributed by atoms with E-state index in [1.807, 2.05) is 19.1 Å². The summed E-state index contributed by atoms with van der Waals surface area (Å²) in [5, 5.41) is 0. The Hall–Kier alpha value is -0.850. The lowest BCUT2D eigenvalue weighted by molar-refractivity contribution is 0.612. The summed E-state index contributed by atoms with van der Waals surface area (Å²) in [6.45, 7) is 1.87. The summed E-state index contributed by atoms with van der Waals surface area (Å²) in [5.41, 5.74) is 2.02. The molecular weight excluding hydrogens is 163 g/mol. The van der Waals surface area contributed by atoms with Crippen molar-refractivity contribution in [1.29, 1.82) is 0 Å². The molecule has 2 rings (SSSR count). The lowest BCUT2D eigenvalue weighted by atomic mass is 10.0. The molecule has 0 N–H and O–H groups in total. The molecule has 1 saturated carbocycles. The number of benzene rings is 1. The second kappa shape index (κ2) is 3.49. The maximum Gasteiger partial charge on any atom is 0.126 e. The lowest BCUT2D eigenvalue weighted by Gasteiger charge is -2.05. The van der Waals surface area contributed by atoms with Gasteiger partial charge in [0.2, 0.25) is 0 Å². The van der Waals surface area contributed by atoms with E-state index in [1.165, 1.54) is 30.9 Å². The van der Waals surface area contributed by atoms with Gasteiger partial charge in [-0.1, -0.05) is 25.0 Å². The van der Waals surface area contributed by atoms with E-state index in [0.29, 0.717) is 0 Å². The Bertz CT molecular complexity index is 300. The highest BCUT2D eigenvalue weighted by molar-refractivity contribution is 5.27. The van der Waals surface area contributed by atoms with Crippen LogP contribution in [0.1, 0.15) is 30.4 Å². The second-order valence-corrected chi connectivity index (χ2v) is 4.01. The molecule has 0 atom stereocenters. The quantitative estimate of drug-likeness (QED) is 0.664. The normalized spacial score (nSPS) is 16.2. The highest BCUT2D eigenvalue weighted by Gasteiger charge is 2.20. The summed E-state index contributed by atoms with van der Waals surface area (Å²) in [6.07, 6.45) is 5.06. The van der Waals surface area contributed by atoms with Gasteiger partial charge in [0.15, 0.2) is 0 Å². The number of rotatable bonds is 3. The zero-order valence-electron chi connectivity index (χ0n) is 8.02. The van der Waals surface area contributed by atoms with Gasteiger partial charge in [-0.2, -0.15) is 0 Å². The summed E-state index contributed by atoms with van der Waals surface area (Å²) in [5.74, 6) is 0.871. The number of hydrogen-bond acceptors (Lipinski definition) is 0. The Morgan fingerprint density at radius 2 is 2.15 bits per heavy atom. The van der Waals surface area contributed by atoms with Gasteiger partial charge in [0, 0.05) is 0 Å². The molecule has 13 heavy (non-hydrogen) atoms. The van der Waals surface area contributed by atoms with Gasteiger partial charge < -0.3 is 0 Å². The summed E-state index contributed by atoms with van der Waals surface area (Å²) in [7, 11) is 0. The zero-order valence-corrected chi connectivity index (χ0v) is 8.02. The van der Waals surface area contributed by atoms with Crippen molar-refractivity contribution in [3.8, 4) is 0 Å². The Labute approximate surface area is 78.8 Å². The van der Waals surface area contributed by atoms with Crippen molar-refractivity contribution < 1.29 is 4.39 Å². The molecule has 1 aromatic rings. The monoisotopic (exact) mass is 178 g/mol. The minimum Gasteiger partial charge on any atom is -0.207 e. The van der Waals surface area contributed by atoms with E-state index in [4.69, 9.17) is 0 Å². The van der Waals surface area contributed by atoms with Gasteiger partial charge in [-0.05, 0) is 42.9 Å². The number of halogens is 1. The van der Waals surface area contributed by atoms with E-state index in [9.17, 15) is 4.39 Å². The molecule has 0 unspecified atom stereocenters. The van der Waals surface area contributed by atoms with E-state index < -0.39 is 0 Å². The molecule has 0 radical (unpaired) electrons. The molecule has 0 aliphatic heterocycles. The third-order valence-corrected chi connectivity index (χ3v) is 2.90. The predicted octanol–water partition coefficient (Wildman–Crippen LogP) is 3.48. The van der Waals surface area contributed by atoms with Crippen LogP contribution in [0.5, 0.6) is 0 Å². The van der Waals surface area contributed by atoms with Crippen LogP contribution >= 0.6 is 0 Å². The molecular formula is C12H15F. The van der Waals surface area contributed by atoms with E-state index in [0.717, 1.165) is 17.9 Å². The fourth-order valence-electron chi connectivity index (χ4n) is 1.69. The van der Waals surface area contributed by atoms with Crippen molar-refractivity contribution in [3.05, 3.63) is 35.1 Å². The summed E-state index contributed by atoms with van der Waals surface area (Å²) in [4.78, 5) is 0. The molecule has 0 amide bonds. The van der Waals surface area contributed by atoms with Crippen LogP contribution in [0.3, 0.4) is 0 Å². The van der Waals surface area contributed by atoms with E-state index in [1.54, 1.807) is 0 Å². The first-order chi connectivity index (χ1) is 6.27. The molecule has 70 valence electrons. The maximum atomic E-state index is 13.1. The van der Waals surface area contributed by atoms with Crippen LogP contribution in [-0.2, 0) is 6.42 Å². The van der Waals surface area contributed by atoms with Crippen LogP contribution in [0.15, 0.2) is 18.2 Å². The van der Waals surface area contributed by atoms with E-state index >= 15 is 0 Å². The topological polar surface area (TPSA) is 0 Å². The van der Waals surface area contributed by atoms with Crippen molar-refractivity contribution in [3.63, 3.8) is 0 Å². The Morgan fingerprint density at radius 1 is 1.38 bits per heavy atom. The average molecular weight is 178 g/mol. The van der Waals surface area contributed by atoms with Gasteiger partial charge in [0.1, 0.15) is 5.82 Å². The van der Waals surface area contributed by atoms with Crippen molar-refractivity contribution in [2.75, 3.05) is 0 Å². The van der Waals surface area contributed by atoms with Crippen LogP contribution < -0.4 is 0 Å². The van der Waals surface area contributed by atoms with E-state index in [2.05, 4.69) is 0 Å². The largest absolute Gasteiger partial charge is 0.207 e. The minimum atomic E-state index is -0.0618. The van der Waals surface area contributed by atoms with Gasteiger partial charge in [-0.25, -0.2) is 4.39 Å². The summed E-state index contributed by atoms with van der Waals surface area (Å²) < 4.78 is 13.1. The Morgan fingerprint density at radius 3 is 2.85 bits per heavy atom. The number of hydrogen-bond donors (Lipinski definition) is 0. The van der Waals surface area contributed by atoms with Crippen molar-refractivity contribution in [2.45, 2.75) is 32.6 Å². The van der Waals surface area contributed by atoms with Crippen molar-refractivity contribution in [1.82, 2.24) is 0 Å². The van der Waals surface area contributed by atoms with Gasteiger partial charge >= 0.3 is 0 Å². The van der Waals surface area contributed by atoms with Crippen LogP contribution in [-0.4, -0.2) is 0 Å². The van der Waals surface area contributed by atoms with Crippen molar-refractivity contribution >= 4 is 0 Å². The fourth-order valence-corrected chi connectivity index (χ4v) is 1.69. The first kappa shape index (κ1) is 8.74. The zero-order chi connectivity index (χ0) is 9.26. The molecule has 0 spiro atoms. The highest BCUT2D eigenvalue weighted by atomic mass is 19.1. The summed E-state index contributed by atoms with van der Waals surface area (Å²) in [6, 6.07) is 5.39. The standard InChI is InChI=1S/C12H15F/c1-9-11(3-2-4-12(9)13)8-7-10-5-6-10/h2-4,10H,5-8H2,1H3. The third-order valence-electron chi connectivity index (χ3n) is 2.90. The highest BCUT2D eigenvalue weighted by Crippen LogP contribution is 2.33. The van der Waals surface area contributed by atoms with Crippen LogP contribution in [0, 0.1) is 18.7 Å².